The Kier molecular flexibility index (Phi) is 4.21. The highest BCUT2D eigenvalue weighted by Crippen LogP contribution is 2.33. The van der Waals surface area contributed by atoms with Crippen LogP contribution in [-0.4, -0.2) is 37.8 Å². The summed E-state index contributed by atoms with van der Waals surface area (Å²) in [5.74, 6) is 0.624. The van der Waals surface area contributed by atoms with E-state index >= 15 is 0 Å². The van der Waals surface area contributed by atoms with Crippen LogP contribution in [0.5, 0.6) is 5.75 Å². The largest absolute Gasteiger partial charge is 0.497 e. The predicted octanol–water partition coefficient (Wildman–Crippen LogP) is 2.22. The van der Waals surface area contributed by atoms with Crippen LogP contribution < -0.4 is 9.64 Å². The van der Waals surface area contributed by atoms with E-state index in [-0.39, 0.29) is 16.7 Å². The van der Waals surface area contributed by atoms with E-state index in [1.54, 1.807) is 19.2 Å². The number of hydrogen-bond donors (Lipinski definition) is 0. The van der Waals surface area contributed by atoms with E-state index in [4.69, 9.17) is 9.47 Å². The summed E-state index contributed by atoms with van der Waals surface area (Å²) < 4.78 is 10.7. The molecule has 1 aliphatic rings. The number of nitro benzene ring substituents is 1. The van der Waals surface area contributed by atoms with E-state index in [9.17, 15) is 10.1 Å². The average molecular weight is 266 g/mol. The molecule has 1 atom stereocenters. The number of anilines is 1. The molecule has 104 valence electrons. The normalized spacial score (nSPS) is 19.9. The first-order chi connectivity index (χ1) is 9.11. The Hall–Kier alpha value is -1.82. The van der Waals surface area contributed by atoms with Crippen LogP contribution >= 0.6 is 0 Å². The molecule has 1 aromatic carbocycles. The van der Waals surface area contributed by atoms with Gasteiger partial charge in [0, 0.05) is 31.8 Å². The van der Waals surface area contributed by atoms with Gasteiger partial charge >= 0.3 is 0 Å². The molecule has 1 heterocycles. The number of methoxy groups -OCH3 is 1. The molecule has 0 saturated carbocycles. The predicted molar refractivity (Wildman–Crippen MR) is 71.9 cm³/mol. The monoisotopic (exact) mass is 266 g/mol. The highest BCUT2D eigenvalue weighted by atomic mass is 16.6. The van der Waals surface area contributed by atoms with Crippen molar-refractivity contribution in [2.75, 3.05) is 31.7 Å². The molecule has 0 bridgehead atoms. The zero-order valence-electron chi connectivity index (χ0n) is 11.2. The van der Waals surface area contributed by atoms with Crippen LogP contribution in [0.4, 0.5) is 11.4 Å². The third kappa shape index (κ3) is 3.14. The Morgan fingerprint density at radius 1 is 1.53 bits per heavy atom. The molecule has 1 saturated heterocycles. The summed E-state index contributed by atoms with van der Waals surface area (Å²) in [5.41, 5.74) is 0.705. The number of nitro groups is 1. The Morgan fingerprint density at radius 3 is 3.00 bits per heavy atom. The van der Waals surface area contributed by atoms with Gasteiger partial charge in [0.2, 0.25) is 0 Å². The summed E-state index contributed by atoms with van der Waals surface area (Å²) >= 11 is 0. The summed E-state index contributed by atoms with van der Waals surface area (Å²) in [6, 6.07) is 4.82. The quantitative estimate of drug-likeness (QED) is 0.620. The third-order valence-corrected chi connectivity index (χ3v) is 3.17. The zero-order chi connectivity index (χ0) is 13.8. The highest BCUT2D eigenvalue weighted by Gasteiger charge is 2.23. The van der Waals surface area contributed by atoms with Crippen molar-refractivity contribution in [2.24, 2.45) is 0 Å². The molecule has 0 N–H and O–H groups in total. The highest BCUT2D eigenvalue weighted by molar-refractivity contribution is 5.66. The summed E-state index contributed by atoms with van der Waals surface area (Å²) in [7, 11) is 1.55. The van der Waals surface area contributed by atoms with Crippen LogP contribution in [0.25, 0.3) is 0 Å². The molecule has 0 aromatic heterocycles. The third-order valence-electron chi connectivity index (χ3n) is 3.17. The lowest BCUT2D eigenvalue weighted by Crippen LogP contribution is -2.30. The van der Waals surface area contributed by atoms with Gasteiger partial charge in [0.1, 0.15) is 11.4 Å². The van der Waals surface area contributed by atoms with Crippen molar-refractivity contribution in [1.82, 2.24) is 0 Å². The average Bonchev–Trinajstić information content (AvgIpc) is 2.62. The van der Waals surface area contributed by atoms with Crippen LogP contribution in [0.2, 0.25) is 0 Å². The van der Waals surface area contributed by atoms with E-state index in [1.807, 2.05) is 11.8 Å². The van der Waals surface area contributed by atoms with Crippen LogP contribution in [0.1, 0.15) is 13.3 Å². The smallest absolute Gasteiger partial charge is 0.292 e. The number of hydrogen-bond acceptors (Lipinski definition) is 5. The summed E-state index contributed by atoms with van der Waals surface area (Å²) in [6.07, 6.45) is 0.923. The van der Waals surface area contributed by atoms with Crippen molar-refractivity contribution in [1.29, 1.82) is 0 Å². The molecule has 6 heteroatoms. The minimum atomic E-state index is -0.356. The van der Waals surface area contributed by atoms with Gasteiger partial charge < -0.3 is 14.4 Å². The van der Waals surface area contributed by atoms with Gasteiger partial charge in [-0.15, -0.1) is 0 Å². The molecular weight excluding hydrogens is 248 g/mol. The number of nitrogens with zero attached hydrogens (tertiary/aromatic N) is 2. The van der Waals surface area contributed by atoms with Crippen LogP contribution in [0.15, 0.2) is 18.2 Å². The van der Waals surface area contributed by atoms with E-state index in [2.05, 4.69) is 0 Å². The molecular formula is C13H18N2O4. The molecule has 0 amide bonds. The topological polar surface area (TPSA) is 64.8 Å². The number of benzene rings is 1. The molecule has 6 nitrogen and oxygen atoms in total. The molecule has 2 rings (SSSR count). The van der Waals surface area contributed by atoms with E-state index in [0.717, 1.165) is 13.0 Å². The Morgan fingerprint density at radius 2 is 2.32 bits per heavy atom. The van der Waals surface area contributed by atoms with Crippen LogP contribution in [0.3, 0.4) is 0 Å². The summed E-state index contributed by atoms with van der Waals surface area (Å²) in [5, 5.41) is 11.1. The first kappa shape index (κ1) is 13.6. The van der Waals surface area contributed by atoms with Crippen LogP contribution in [0, 0.1) is 10.1 Å². The van der Waals surface area contributed by atoms with Crippen molar-refractivity contribution >= 4 is 11.4 Å². The second-order valence-electron chi connectivity index (χ2n) is 4.59. The first-order valence-electron chi connectivity index (χ1n) is 6.31. The molecule has 1 aromatic rings. The van der Waals surface area contributed by atoms with Gasteiger partial charge in [-0.2, -0.15) is 0 Å². The maximum absolute atomic E-state index is 11.1. The van der Waals surface area contributed by atoms with Gasteiger partial charge in [-0.25, -0.2) is 0 Å². The van der Waals surface area contributed by atoms with Crippen LogP contribution in [-0.2, 0) is 4.74 Å². The van der Waals surface area contributed by atoms with Gasteiger partial charge in [-0.05, 0) is 19.4 Å². The van der Waals surface area contributed by atoms with E-state index in [0.29, 0.717) is 24.6 Å². The minimum absolute atomic E-state index is 0.0632. The van der Waals surface area contributed by atoms with E-state index in [1.165, 1.54) is 6.07 Å². The van der Waals surface area contributed by atoms with Gasteiger partial charge in [0.25, 0.3) is 5.69 Å². The fraction of sp³-hybridized carbons (Fsp3) is 0.538. The molecule has 0 aliphatic carbocycles. The maximum Gasteiger partial charge on any atom is 0.292 e. The Labute approximate surface area is 112 Å². The molecule has 0 radical (unpaired) electrons. The Bertz CT molecular complexity index is 464. The zero-order valence-corrected chi connectivity index (χ0v) is 11.2. The lowest BCUT2D eigenvalue weighted by atomic mass is 10.2. The van der Waals surface area contributed by atoms with Crippen molar-refractivity contribution in [3.05, 3.63) is 28.3 Å². The second kappa shape index (κ2) is 5.88. The molecule has 1 fully saturated rings. The first-order valence-corrected chi connectivity index (χ1v) is 6.31. The number of ether oxygens (including phenoxy) is 2. The SMILES string of the molecule is COc1ccc([N+](=O)[O-])c(N2CCCO[C@@H](C)C2)c1. The lowest BCUT2D eigenvalue weighted by Gasteiger charge is -2.24. The summed E-state index contributed by atoms with van der Waals surface area (Å²) in [4.78, 5) is 12.8. The van der Waals surface area contributed by atoms with Crippen molar-refractivity contribution in [2.45, 2.75) is 19.4 Å². The fourth-order valence-electron chi connectivity index (χ4n) is 2.25. The fourth-order valence-corrected chi connectivity index (χ4v) is 2.25. The standard InChI is InChI=1S/C13H18N2O4/c1-10-9-14(6-3-7-19-10)13-8-11(18-2)4-5-12(13)15(16)17/h4-5,8,10H,3,6-7,9H2,1-2H3/t10-/m0/s1. The van der Waals surface area contributed by atoms with Gasteiger partial charge in [-0.3, -0.25) is 10.1 Å². The molecule has 0 unspecified atom stereocenters. The van der Waals surface area contributed by atoms with E-state index < -0.39 is 0 Å². The molecule has 19 heavy (non-hydrogen) atoms. The summed E-state index contributed by atoms with van der Waals surface area (Å²) in [6.45, 7) is 4.06. The molecule has 0 spiro atoms. The lowest BCUT2D eigenvalue weighted by molar-refractivity contribution is -0.384. The van der Waals surface area contributed by atoms with Crippen molar-refractivity contribution in [3.63, 3.8) is 0 Å². The van der Waals surface area contributed by atoms with Crippen molar-refractivity contribution < 1.29 is 14.4 Å². The number of rotatable bonds is 3. The maximum atomic E-state index is 11.1. The Balaban J connectivity index is 2.36. The van der Waals surface area contributed by atoms with Crippen molar-refractivity contribution in [3.8, 4) is 5.75 Å². The van der Waals surface area contributed by atoms with Gasteiger partial charge in [0.05, 0.1) is 18.1 Å². The second-order valence-corrected chi connectivity index (χ2v) is 4.59. The minimum Gasteiger partial charge on any atom is -0.497 e. The molecule has 1 aliphatic heterocycles. The van der Waals surface area contributed by atoms with Gasteiger partial charge in [-0.1, -0.05) is 0 Å². The van der Waals surface area contributed by atoms with Gasteiger partial charge in [0.15, 0.2) is 0 Å².